The van der Waals surface area contributed by atoms with Crippen molar-refractivity contribution in [3.05, 3.63) is 24.3 Å². The second-order valence-electron chi connectivity index (χ2n) is 4.59. The highest BCUT2D eigenvalue weighted by Gasteiger charge is 2.31. The van der Waals surface area contributed by atoms with Crippen LogP contribution in [-0.2, 0) is 14.8 Å². The average molecular weight is 303 g/mol. The summed E-state index contributed by atoms with van der Waals surface area (Å²) >= 11 is 5.81. The molecule has 1 amide bonds. The third-order valence-electron chi connectivity index (χ3n) is 2.89. The van der Waals surface area contributed by atoms with E-state index >= 15 is 0 Å². The van der Waals surface area contributed by atoms with Crippen molar-refractivity contribution in [3.63, 3.8) is 0 Å². The largest absolute Gasteiger partial charge is 0.326 e. The summed E-state index contributed by atoms with van der Waals surface area (Å²) in [7, 11) is -3.51. The lowest BCUT2D eigenvalue weighted by Crippen LogP contribution is -2.44. The van der Waals surface area contributed by atoms with E-state index in [-0.39, 0.29) is 22.2 Å². The van der Waals surface area contributed by atoms with E-state index in [1.165, 1.54) is 19.1 Å². The normalized spacial score (nSPS) is 22.6. The van der Waals surface area contributed by atoms with Crippen molar-refractivity contribution in [2.24, 2.45) is 0 Å². The topological polar surface area (TPSA) is 75.3 Å². The van der Waals surface area contributed by atoms with Crippen LogP contribution in [0.2, 0.25) is 0 Å². The molecule has 1 aromatic rings. The molecule has 0 atom stereocenters. The lowest BCUT2D eigenvalue weighted by atomic mass is 9.94. The van der Waals surface area contributed by atoms with Crippen LogP contribution in [0.1, 0.15) is 19.8 Å². The number of hydrogen-bond acceptors (Lipinski definition) is 3. The van der Waals surface area contributed by atoms with E-state index < -0.39 is 10.0 Å². The van der Waals surface area contributed by atoms with Gasteiger partial charge in [-0.15, -0.1) is 11.6 Å². The number of carbonyl (C=O) groups excluding carboxylic acids is 1. The number of alkyl halides is 1. The fraction of sp³-hybridized carbons (Fsp3) is 0.417. The van der Waals surface area contributed by atoms with Crippen LogP contribution in [0.5, 0.6) is 0 Å². The van der Waals surface area contributed by atoms with E-state index in [2.05, 4.69) is 10.0 Å². The van der Waals surface area contributed by atoms with Gasteiger partial charge in [0, 0.05) is 24.0 Å². The lowest BCUT2D eigenvalue weighted by molar-refractivity contribution is -0.114. The highest BCUT2D eigenvalue weighted by Crippen LogP contribution is 2.27. The van der Waals surface area contributed by atoms with Crippen LogP contribution in [0, 0.1) is 0 Å². The Morgan fingerprint density at radius 2 is 1.84 bits per heavy atom. The lowest BCUT2D eigenvalue weighted by Gasteiger charge is -2.31. The SMILES string of the molecule is CC(=O)Nc1ccc(S(=O)(=O)NC2CC(Cl)C2)cc1. The second-order valence-corrected chi connectivity index (χ2v) is 6.92. The van der Waals surface area contributed by atoms with Crippen molar-refractivity contribution in [2.45, 2.75) is 36.1 Å². The molecule has 1 aliphatic carbocycles. The zero-order valence-electron chi connectivity index (χ0n) is 10.4. The standard InChI is InChI=1S/C12H15ClN2O3S/c1-8(16)14-10-2-4-12(5-3-10)19(17,18)15-11-6-9(13)7-11/h2-5,9,11,15H,6-7H2,1H3,(H,14,16). The van der Waals surface area contributed by atoms with Crippen molar-refractivity contribution < 1.29 is 13.2 Å². The summed E-state index contributed by atoms with van der Waals surface area (Å²) in [6, 6.07) is 5.96. The molecule has 1 aliphatic rings. The van der Waals surface area contributed by atoms with E-state index in [1.54, 1.807) is 12.1 Å². The molecular weight excluding hydrogens is 288 g/mol. The molecule has 0 aromatic heterocycles. The van der Waals surface area contributed by atoms with Gasteiger partial charge in [0.2, 0.25) is 15.9 Å². The van der Waals surface area contributed by atoms with Gasteiger partial charge in [-0.2, -0.15) is 0 Å². The van der Waals surface area contributed by atoms with Gasteiger partial charge in [-0.05, 0) is 37.1 Å². The average Bonchev–Trinajstić information content (AvgIpc) is 2.26. The fourth-order valence-corrected chi connectivity index (χ4v) is 3.54. The maximum Gasteiger partial charge on any atom is 0.240 e. The Labute approximate surface area is 117 Å². The molecule has 104 valence electrons. The number of anilines is 1. The minimum atomic E-state index is -3.51. The Morgan fingerprint density at radius 1 is 1.26 bits per heavy atom. The summed E-state index contributed by atoms with van der Waals surface area (Å²) in [4.78, 5) is 11.0. The molecule has 1 aromatic carbocycles. The first-order chi connectivity index (χ1) is 8.87. The maximum atomic E-state index is 12.0. The third-order valence-corrected chi connectivity index (χ3v) is 4.78. The van der Waals surface area contributed by atoms with Crippen molar-refractivity contribution in [1.29, 1.82) is 0 Å². The molecule has 2 rings (SSSR count). The predicted molar refractivity (Wildman–Crippen MR) is 73.7 cm³/mol. The van der Waals surface area contributed by atoms with E-state index in [9.17, 15) is 13.2 Å². The quantitative estimate of drug-likeness (QED) is 0.831. The Balaban J connectivity index is 2.06. The molecule has 0 bridgehead atoms. The molecule has 0 radical (unpaired) electrons. The van der Waals surface area contributed by atoms with Gasteiger partial charge < -0.3 is 5.32 Å². The minimum Gasteiger partial charge on any atom is -0.326 e. The molecular formula is C12H15ClN2O3S. The molecule has 0 unspecified atom stereocenters. The number of carbonyl (C=O) groups is 1. The molecule has 0 spiro atoms. The predicted octanol–water partition coefficient (Wildman–Crippen LogP) is 1.69. The highest BCUT2D eigenvalue weighted by molar-refractivity contribution is 7.89. The van der Waals surface area contributed by atoms with Crippen LogP contribution < -0.4 is 10.0 Å². The van der Waals surface area contributed by atoms with Crippen molar-refractivity contribution in [3.8, 4) is 0 Å². The summed E-state index contributed by atoms with van der Waals surface area (Å²) < 4.78 is 26.7. The number of rotatable bonds is 4. The van der Waals surface area contributed by atoms with E-state index in [0.717, 1.165) is 0 Å². The number of halogens is 1. The number of benzene rings is 1. The van der Waals surface area contributed by atoms with Gasteiger partial charge in [-0.1, -0.05) is 0 Å². The van der Waals surface area contributed by atoms with Gasteiger partial charge in [0.1, 0.15) is 0 Å². The summed E-state index contributed by atoms with van der Waals surface area (Å²) in [6.07, 6.45) is 1.32. The maximum absolute atomic E-state index is 12.0. The van der Waals surface area contributed by atoms with Crippen LogP contribution in [-0.4, -0.2) is 25.7 Å². The summed E-state index contributed by atoms with van der Waals surface area (Å²) in [5.41, 5.74) is 0.566. The first-order valence-electron chi connectivity index (χ1n) is 5.91. The van der Waals surface area contributed by atoms with Crippen molar-refractivity contribution in [1.82, 2.24) is 4.72 Å². The monoisotopic (exact) mass is 302 g/mol. The Kier molecular flexibility index (Phi) is 4.13. The first-order valence-corrected chi connectivity index (χ1v) is 7.83. The van der Waals surface area contributed by atoms with E-state index in [0.29, 0.717) is 18.5 Å². The minimum absolute atomic E-state index is 0.0647. The molecule has 0 aliphatic heterocycles. The molecule has 1 saturated carbocycles. The van der Waals surface area contributed by atoms with Crippen LogP contribution in [0.4, 0.5) is 5.69 Å². The summed E-state index contributed by atoms with van der Waals surface area (Å²) in [5.74, 6) is -0.198. The fourth-order valence-electron chi connectivity index (χ4n) is 1.85. The highest BCUT2D eigenvalue weighted by atomic mass is 35.5. The van der Waals surface area contributed by atoms with Gasteiger partial charge in [0.15, 0.2) is 0 Å². The molecule has 5 nitrogen and oxygen atoms in total. The number of nitrogens with one attached hydrogen (secondary N) is 2. The van der Waals surface area contributed by atoms with Gasteiger partial charge in [0.05, 0.1) is 4.90 Å². The number of sulfonamides is 1. The Hall–Kier alpha value is -1.11. The van der Waals surface area contributed by atoms with Crippen molar-refractivity contribution in [2.75, 3.05) is 5.32 Å². The van der Waals surface area contributed by atoms with Crippen LogP contribution in [0.25, 0.3) is 0 Å². The summed E-state index contributed by atoms with van der Waals surface area (Å²) in [6.45, 7) is 1.39. The Morgan fingerprint density at radius 3 is 2.32 bits per heavy atom. The van der Waals surface area contributed by atoms with Crippen LogP contribution >= 0.6 is 11.6 Å². The molecule has 7 heteroatoms. The van der Waals surface area contributed by atoms with Gasteiger partial charge in [-0.25, -0.2) is 13.1 Å². The van der Waals surface area contributed by atoms with Gasteiger partial charge >= 0.3 is 0 Å². The van der Waals surface area contributed by atoms with Crippen LogP contribution in [0.3, 0.4) is 0 Å². The van der Waals surface area contributed by atoms with Crippen LogP contribution in [0.15, 0.2) is 29.2 Å². The Bertz CT molecular complexity index is 565. The van der Waals surface area contributed by atoms with Gasteiger partial charge in [-0.3, -0.25) is 4.79 Å². The van der Waals surface area contributed by atoms with Gasteiger partial charge in [0.25, 0.3) is 0 Å². The third kappa shape index (κ3) is 3.68. The molecule has 0 saturated heterocycles. The molecule has 2 N–H and O–H groups in total. The molecule has 1 fully saturated rings. The smallest absolute Gasteiger partial charge is 0.240 e. The second kappa shape index (κ2) is 5.48. The first kappa shape index (κ1) is 14.3. The molecule has 0 heterocycles. The number of hydrogen-bond donors (Lipinski definition) is 2. The number of amides is 1. The summed E-state index contributed by atoms with van der Waals surface area (Å²) in [5, 5.41) is 2.65. The molecule has 19 heavy (non-hydrogen) atoms. The van der Waals surface area contributed by atoms with E-state index in [1.807, 2.05) is 0 Å². The zero-order chi connectivity index (χ0) is 14.0. The van der Waals surface area contributed by atoms with Crippen molar-refractivity contribution >= 4 is 33.2 Å². The van der Waals surface area contributed by atoms with E-state index in [4.69, 9.17) is 11.6 Å². The zero-order valence-corrected chi connectivity index (χ0v) is 12.0.